The van der Waals surface area contributed by atoms with Crippen LogP contribution in [0.15, 0.2) is 46.2 Å². The van der Waals surface area contributed by atoms with E-state index in [0.717, 1.165) is 86.0 Å². The van der Waals surface area contributed by atoms with Crippen LogP contribution in [0.1, 0.15) is 84.5 Å². The zero-order chi connectivity index (χ0) is 28.2. The average Bonchev–Trinajstić information content (AvgIpc) is 3.18. The number of allylic oxidation sites excluding steroid dienone is 2. The Hall–Kier alpha value is -2.80. The molecular weight excluding hydrogens is 496 g/mol. The fourth-order valence-electron chi connectivity index (χ4n) is 6.71. The number of piperidine rings is 1. The molecule has 3 heterocycles. The third-order valence-electron chi connectivity index (χ3n) is 9.63. The first-order valence-electron chi connectivity index (χ1n) is 15.6. The molecule has 4 atom stereocenters. The molecule has 4 unspecified atom stereocenters. The smallest absolute Gasteiger partial charge is 0.147 e. The molecule has 1 aromatic rings. The molecule has 218 valence electrons. The van der Waals surface area contributed by atoms with Crippen molar-refractivity contribution < 1.29 is 4.74 Å². The van der Waals surface area contributed by atoms with Crippen LogP contribution in [0, 0.1) is 5.92 Å². The van der Waals surface area contributed by atoms with Crippen molar-refractivity contribution in [2.75, 3.05) is 37.0 Å². The van der Waals surface area contributed by atoms with Crippen molar-refractivity contribution in [3.05, 3.63) is 36.2 Å². The van der Waals surface area contributed by atoms with Crippen LogP contribution in [0.4, 0.5) is 17.1 Å². The molecule has 1 saturated carbocycles. The van der Waals surface area contributed by atoms with Crippen molar-refractivity contribution >= 4 is 29.1 Å². The Morgan fingerprint density at radius 2 is 1.80 bits per heavy atom. The number of ether oxygens (including phenoxy) is 1. The summed E-state index contributed by atoms with van der Waals surface area (Å²) >= 11 is 0. The van der Waals surface area contributed by atoms with Crippen LogP contribution >= 0.6 is 0 Å². The minimum atomic E-state index is -0.0329. The minimum absolute atomic E-state index is 0.0329. The van der Waals surface area contributed by atoms with Crippen LogP contribution in [-0.4, -0.2) is 62.3 Å². The molecule has 0 aromatic heterocycles. The first kappa shape index (κ1) is 28.7. The van der Waals surface area contributed by atoms with Crippen molar-refractivity contribution in [1.29, 1.82) is 0 Å². The van der Waals surface area contributed by atoms with E-state index < -0.39 is 0 Å². The number of anilines is 2. The van der Waals surface area contributed by atoms with E-state index in [2.05, 4.69) is 67.4 Å². The van der Waals surface area contributed by atoms with Crippen molar-refractivity contribution in [1.82, 2.24) is 4.90 Å². The second kappa shape index (κ2) is 12.8. The largest absolute Gasteiger partial charge is 0.488 e. The molecule has 1 saturated heterocycles. The molecule has 2 N–H and O–H groups in total. The lowest BCUT2D eigenvalue weighted by atomic mass is 9.90. The second-order valence-corrected chi connectivity index (χ2v) is 12.4. The molecule has 0 spiro atoms. The van der Waals surface area contributed by atoms with E-state index in [0.29, 0.717) is 12.0 Å². The maximum absolute atomic E-state index is 6.96. The van der Waals surface area contributed by atoms with Crippen LogP contribution in [0.25, 0.3) is 0 Å². The van der Waals surface area contributed by atoms with Gasteiger partial charge in [-0.2, -0.15) is 0 Å². The van der Waals surface area contributed by atoms with Gasteiger partial charge in [0.25, 0.3) is 0 Å². The molecule has 0 radical (unpaired) electrons. The van der Waals surface area contributed by atoms with Crippen LogP contribution in [0.2, 0.25) is 0 Å². The predicted octanol–water partition coefficient (Wildman–Crippen LogP) is 6.80. The zero-order valence-corrected chi connectivity index (χ0v) is 25.2. The van der Waals surface area contributed by atoms with Gasteiger partial charge in [-0.25, -0.2) is 4.99 Å². The lowest BCUT2D eigenvalue weighted by Crippen LogP contribution is -2.35. The fourth-order valence-corrected chi connectivity index (χ4v) is 6.71. The summed E-state index contributed by atoms with van der Waals surface area (Å²) in [6.07, 6.45) is 16.9. The van der Waals surface area contributed by atoms with E-state index >= 15 is 0 Å². The number of benzene rings is 1. The lowest BCUT2D eigenvalue weighted by molar-refractivity contribution is 0.182. The Balaban J connectivity index is 1.32. The van der Waals surface area contributed by atoms with Gasteiger partial charge in [-0.15, -0.1) is 0 Å². The van der Waals surface area contributed by atoms with Crippen LogP contribution in [0.5, 0.6) is 5.75 Å². The molecule has 4 aliphatic rings. The van der Waals surface area contributed by atoms with Crippen molar-refractivity contribution in [3.63, 3.8) is 0 Å². The number of hydrogen-bond acceptors (Lipinski definition) is 7. The summed E-state index contributed by atoms with van der Waals surface area (Å²) in [6.45, 7) is 10.8. The molecule has 1 aliphatic carbocycles. The van der Waals surface area contributed by atoms with Gasteiger partial charge in [-0.3, -0.25) is 4.99 Å². The van der Waals surface area contributed by atoms with Gasteiger partial charge in [0, 0.05) is 51.0 Å². The monoisotopic (exact) mass is 546 g/mol. The first-order chi connectivity index (χ1) is 19.3. The van der Waals surface area contributed by atoms with E-state index in [1.807, 2.05) is 6.21 Å². The SMILES string of the molecule is C=C1C=Nc2cc(N3CCCCC3)cc(OC3CCCC(C(N)C4=C\CCCC(C)N(C)/C(C)=N\4)CC3)c2N1C. The summed E-state index contributed by atoms with van der Waals surface area (Å²) in [5.74, 6) is 2.42. The second-order valence-electron chi connectivity index (χ2n) is 12.4. The Kier molecular flexibility index (Phi) is 9.19. The maximum atomic E-state index is 6.96. The predicted molar refractivity (Wildman–Crippen MR) is 169 cm³/mol. The number of fused-ring (bicyclic) bond motifs is 1. The van der Waals surface area contributed by atoms with Gasteiger partial charge < -0.3 is 25.2 Å². The molecule has 5 rings (SSSR count). The topological polar surface area (TPSA) is 69.7 Å². The molecular formula is C33H50N6O. The summed E-state index contributed by atoms with van der Waals surface area (Å²) in [4.78, 5) is 16.7. The number of nitrogens with two attached hydrogens (primary N) is 1. The molecule has 0 bridgehead atoms. The highest BCUT2D eigenvalue weighted by Gasteiger charge is 2.29. The van der Waals surface area contributed by atoms with Gasteiger partial charge in [-0.1, -0.05) is 12.7 Å². The van der Waals surface area contributed by atoms with Gasteiger partial charge in [0.1, 0.15) is 17.3 Å². The molecule has 7 heteroatoms. The van der Waals surface area contributed by atoms with Crippen molar-refractivity contribution in [2.24, 2.45) is 21.6 Å². The molecule has 1 aromatic carbocycles. The molecule has 3 aliphatic heterocycles. The number of rotatable bonds is 5. The van der Waals surface area contributed by atoms with E-state index in [9.17, 15) is 0 Å². The maximum Gasteiger partial charge on any atom is 0.147 e. The van der Waals surface area contributed by atoms with E-state index in [1.165, 1.54) is 37.8 Å². The Morgan fingerprint density at radius 1 is 1.00 bits per heavy atom. The molecule has 40 heavy (non-hydrogen) atoms. The van der Waals surface area contributed by atoms with Gasteiger partial charge in [0.05, 0.1) is 29.4 Å². The zero-order valence-electron chi connectivity index (χ0n) is 25.2. The summed E-state index contributed by atoms with van der Waals surface area (Å²) in [7, 11) is 4.22. The highest BCUT2D eigenvalue weighted by molar-refractivity contribution is 5.96. The first-order valence-corrected chi connectivity index (χ1v) is 15.6. The number of amidine groups is 1. The van der Waals surface area contributed by atoms with E-state index in [-0.39, 0.29) is 12.1 Å². The van der Waals surface area contributed by atoms with Crippen molar-refractivity contribution in [2.45, 2.75) is 103 Å². The Morgan fingerprint density at radius 3 is 2.60 bits per heavy atom. The highest BCUT2D eigenvalue weighted by Crippen LogP contribution is 2.46. The number of aliphatic imine (C=N–C) groups is 2. The third-order valence-corrected chi connectivity index (χ3v) is 9.63. The Bertz CT molecular complexity index is 1150. The van der Waals surface area contributed by atoms with Crippen LogP contribution < -0.4 is 20.3 Å². The molecule has 7 nitrogen and oxygen atoms in total. The average molecular weight is 547 g/mol. The number of hydrogen-bond donors (Lipinski definition) is 1. The minimum Gasteiger partial charge on any atom is -0.488 e. The summed E-state index contributed by atoms with van der Waals surface area (Å²) < 4.78 is 6.88. The summed E-state index contributed by atoms with van der Waals surface area (Å²) in [6, 6.07) is 4.94. The van der Waals surface area contributed by atoms with E-state index in [4.69, 9.17) is 20.5 Å². The third kappa shape index (κ3) is 6.40. The standard InChI is InChI=1S/C33H50N6O/c1-23-12-7-8-15-29(36-25(3)37(23)4)32(34)26-13-11-14-28(17-16-26)40-31-21-27(39-18-9-6-10-19-39)20-30-33(31)38(5)24(2)22-35-30/h15,20-23,26,28,32H,2,6-14,16-19,34H2,1,3-5H3/b29-15+,36-25-. The van der Waals surface area contributed by atoms with Crippen LogP contribution in [-0.2, 0) is 0 Å². The molecule has 2 fully saturated rings. The summed E-state index contributed by atoms with van der Waals surface area (Å²) in [5.41, 5.74) is 12.1. The van der Waals surface area contributed by atoms with Crippen molar-refractivity contribution in [3.8, 4) is 5.75 Å². The number of nitrogens with zero attached hydrogens (tertiary/aromatic N) is 5. The fraction of sp³-hybridized carbons (Fsp3) is 0.636. The van der Waals surface area contributed by atoms with Gasteiger partial charge >= 0.3 is 0 Å². The van der Waals surface area contributed by atoms with E-state index in [1.54, 1.807) is 0 Å². The van der Waals surface area contributed by atoms with Gasteiger partial charge in [0.2, 0.25) is 0 Å². The van der Waals surface area contributed by atoms with Gasteiger partial charge in [0.15, 0.2) is 0 Å². The van der Waals surface area contributed by atoms with Gasteiger partial charge in [-0.05, 0) is 96.5 Å². The normalized spacial score (nSPS) is 29.7. The van der Waals surface area contributed by atoms with Crippen LogP contribution in [0.3, 0.4) is 0 Å². The molecule has 0 amide bonds. The Labute approximate surface area is 241 Å². The quantitative estimate of drug-likeness (QED) is 0.411. The summed E-state index contributed by atoms with van der Waals surface area (Å²) in [5, 5.41) is 0. The lowest BCUT2D eigenvalue weighted by Gasteiger charge is -2.33. The highest BCUT2D eigenvalue weighted by atomic mass is 16.5.